The maximum Gasteiger partial charge on any atom is 0.263 e. The molecule has 2 N–H and O–H groups in total. The molecule has 8 heteroatoms. The summed E-state index contributed by atoms with van der Waals surface area (Å²) in [5.74, 6) is 0.147. The van der Waals surface area contributed by atoms with Crippen LogP contribution in [0.5, 0.6) is 0 Å². The van der Waals surface area contributed by atoms with Crippen LogP contribution in [0.2, 0.25) is 0 Å². The summed E-state index contributed by atoms with van der Waals surface area (Å²) in [4.78, 5) is 36.1. The van der Waals surface area contributed by atoms with Gasteiger partial charge in [0, 0.05) is 31.8 Å². The smallest absolute Gasteiger partial charge is 0.263 e. The lowest BCUT2D eigenvalue weighted by molar-refractivity contribution is -0.119. The van der Waals surface area contributed by atoms with Gasteiger partial charge < -0.3 is 15.2 Å². The van der Waals surface area contributed by atoms with Crippen LogP contribution in [0.1, 0.15) is 22.8 Å². The van der Waals surface area contributed by atoms with Crippen molar-refractivity contribution in [1.82, 2.24) is 14.3 Å². The van der Waals surface area contributed by atoms with E-state index in [2.05, 4.69) is 15.7 Å². The number of pyridine rings is 1. The van der Waals surface area contributed by atoms with Crippen molar-refractivity contribution in [2.24, 2.45) is 20.0 Å². The topological polar surface area (TPSA) is 98.0 Å². The predicted octanol–water partition coefficient (Wildman–Crippen LogP) is 0.502. The number of anilines is 2. The summed E-state index contributed by atoms with van der Waals surface area (Å²) in [5, 5.41) is 9.69. The third kappa shape index (κ3) is 2.52. The Bertz CT molecular complexity index is 864. The fraction of sp³-hybridized carbons (Fsp3) is 0.333. The van der Waals surface area contributed by atoms with E-state index < -0.39 is 5.91 Å². The molecule has 0 fully saturated rings. The fourth-order valence-corrected chi connectivity index (χ4v) is 2.60. The summed E-state index contributed by atoms with van der Waals surface area (Å²) in [5.41, 5.74) is 0.430. The summed E-state index contributed by atoms with van der Waals surface area (Å²) >= 11 is 0. The molecule has 0 aromatic carbocycles. The molecule has 0 radical (unpaired) electrons. The van der Waals surface area contributed by atoms with E-state index in [9.17, 15) is 14.4 Å². The SMILES string of the molecule is C[C@H]1Cc2c(NC(=O)c3cccn(C)c3=O)nn(C)c2NC1=O. The Morgan fingerprint density at radius 2 is 2.13 bits per heavy atom. The Morgan fingerprint density at radius 1 is 1.39 bits per heavy atom. The van der Waals surface area contributed by atoms with Gasteiger partial charge in [-0.3, -0.25) is 19.1 Å². The van der Waals surface area contributed by atoms with Crippen LogP contribution in [0.4, 0.5) is 11.6 Å². The largest absolute Gasteiger partial charge is 0.318 e. The normalized spacial score (nSPS) is 16.7. The van der Waals surface area contributed by atoms with E-state index in [1.807, 2.05) is 6.92 Å². The number of rotatable bonds is 2. The monoisotopic (exact) mass is 315 g/mol. The highest BCUT2D eigenvalue weighted by molar-refractivity contribution is 6.05. The number of aromatic nitrogens is 3. The summed E-state index contributed by atoms with van der Waals surface area (Å²) < 4.78 is 2.85. The van der Waals surface area contributed by atoms with Crippen molar-refractivity contribution in [3.8, 4) is 0 Å². The minimum atomic E-state index is -0.517. The van der Waals surface area contributed by atoms with Gasteiger partial charge in [-0.2, -0.15) is 5.10 Å². The van der Waals surface area contributed by atoms with Crippen molar-refractivity contribution < 1.29 is 9.59 Å². The van der Waals surface area contributed by atoms with E-state index in [-0.39, 0.29) is 22.9 Å². The van der Waals surface area contributed by atoms with Gasteiger partial charge in [-0.05, 0) is 18.6 Å². The molecular formula is C15H17N5O3. The number of hydrogen-bond donors (Lipinski definition) is 2. The average molecular weight is 315 g/mol. The van der Waals surface area contributed by atoms with Gasteiger partial charge in [-0.25, -0.2) is 0 Å². The Balaban J connectivity index is 1.94. The molecule has 3 heterocycles. The zero-order valence-corrected chi connectivity index (χ0v) is 13.1. The van der Waals surface area contributed by atoms with Crippen LogP contribution < -0.4 is 16.2 Å². The molecular weight excluding hydrogens is 298 g/mol. The van der Waals surface area contributed by atoms with Crippen LogP contribution in [0.15, 0.2) is 23.1 Å². The van der Waals surface area contributed by atoms with Crippen LogP contribution in [-0.4, -0.2) is 26.2 Å². The molecule has 0 unspecified atom stereocenters. The average Bonchev–Trinajstić information content (AvgIpc) is 2.78. The minimum absolute atomic E-state index is 0.0438. The van der Waals surface area contributed by atoms with E-state index in [4.69, 9.17) is 0 Å². The molecule has 0 aliphatic carbocycles. The molecule has 2 amide bonds. The quantitative estimate of drug-likeness (QED) is 0.843. The number of amides is 2. The van der Waals surface area contributed by atoms with Crippen LogP contribution in [-0.2, 0) is 25.3 Å². The molecule has 0 saturated heterocycles. The van der Waals surface area contributed by atoms with E-state index >= 15 is 0 Å². The highest BCUT2D eigenvalue weighted by Crippen LogP contribution is 2.31. The van der Waals surface area contributed by atoms with Gasteiger partial charge in [-0.1, -0.05) is 6.92 Å². The van der Waals surface area contributed by atoms with Gasteiger partial charge in [0.25, 0.3) is 11.5 Å². The maximum atomic E-state index is 12.4. The molecule has 1 aliphatic heterocycles. The molecule has 3 rings (SSSR count). The van der Waals surface area contributed by atoms with E-state index in [0.29, 0.717) is 18.1 Å². The first-order valence-electron chi connectivity index (χ1n) is 7.22. The number of nitrogens with one attached hydrogen (secondary N) is 2. The van der Waals surface area contributed by atoms with Gasteiger partial charge >= 0.3 is 0 Å². The second-order valence-electron chi connectivity index (χ2n) is 5.69. The first-order valence-corrected chi connectivity index (χ1v) is 7.22. The van der Waals surface area contributed by atoms with Crippen molar-refractivity contribution in [3.63, 3.8) is 0 Å². The lowest BCUT2D eigenvalue weighted by Gasteiger charge is -2.19. The number of carbonyl (C=O) groups is 2. The molecule has 1 atom stereocenters. The molecule has 1 aliphatic rings. The molecule has 0 bridgehead atoms. The predicted molar refractivity (Wildman–Crippen MR) is 84.3 cm³/mol. The molecule has 0 spiro atoms. The first-order chi connectivity index (χ1) is 10.9. The molecule has 0 saturated carbocycles. The third-order valence-corrected chi connectivity index (χ3v) is 3.94. The standard InChI is InChI=1S/C15H17N5O3/c1-8-7-10-11(18-20(3)12(10)17-13(8)21)16-14(22)9-5-4-6-19(2)15(9)23/h4-6,8H,7H2,1-3H3,(H,17,21)(H,16,18,22)/t8-/m0/s1. The van der Waals surface area contributed by atoms with Crippen molar-refractivity contribution in [2.45, 2.75) is 13.3 Å². The Morgan fingerprint density at radius 3 is 2.87 bits per heavy atom. The Labute approximate surface area is 132 Å². The zero-order valence-electron chi connectivity index (χ0n) is 13.1. The molecule has 2 aromatic rings. The van der Waals surface area contributed by atoms with Crippen molar-refractivity contribution in [3.05, 3.63) is 39.8 Å². The summed E-state index contributed by atoms with van der Waals surface area (Å²) in [7, 11) is 3.27. The minimum Gasteiger partial charge on any atom is -0.318 e. The maximum absolute atomic E-state index is 12.4. The van der Waals surface area contributed by atoms with Gasteiger partial charge in [0.1, 0.15) is 11.4 Å². The second-order valence-corrected chi connectivity index (χ2v) is 5.69. The molecule has 120 valence electrons. The van der Waals surface area contributed by atoms with E-state index in [1.54, 1.807) is 26.4 Å². The van der Waals surface area contributed by atoms with Crippen molar-refractivity contribution in [2.75, 3.05) is 10.6 Å². The lowest BCUT2D eigenvalue weighted by atomic mass is 9.98. The zero-order chi connectivity index (χ0) is 16.7. The number of aryl methyl sites for hydroxylation is 2. The highest BCUT2D eigenvalue weighted by atomic mass is 16.2. The number of hydrogen-bond acceptors (Lipinski definition) is 4. The Kier molecular flexibility index (Phi) is 3.51. The van der Waals surface area contributed by atoms with Crippen molar-refractivity contribution in [1.29, 1.82) is 0 Å². The summed E-state index contributed by atoms with van der Waals surface area (Å²) in [6, 6.07) is 3.10. The van der Waals surface area contributed by atoms with Crippen LogP contribution in [0, 0.1) is 5.92 Å². The van der Waals surface area contributed by atoms with Gasteiger partial charge in [0.2, 0.25) is 5.91 Å². The summed E-state index contributed by atoms with van der Waals surface area (Å²) in [6.07, 6.45) is 2.07. The molecule has 8 nitrogen and oxygen atoms in total. The molecule has 2 aromatic heterocycles. The van der Waals surface area contributed by atoms with Crippen LogP contribution in [0.25, 0.3) is 0 Å². The highest BCUT2D eigenvalue weighted by Gasteiger charge is 2.29. The van der Waals surface area contributed by atoms with Crippen LogP contribution in [0.3, 0.4) is 0 Å². The van der Waals surface area contributed by atoms with Gasteiger partial charge in [0.15, 0.2) is 5.82 Å². The summed E-state index contributed by atoms with van der Waals surface area (Å²) in [6.45, 7) is 1.81. The molecule has 23 heavy (non-hydrogen) atoms. The van der Waals surface area contributed by atoms with Crippen molar-refractivity contribution >= 4 is 23.5 Å². The second kappa shape index (κ2) is 5.38. The number of fused-ring (bicyclic) bond motifs is 1. The van der Waals surface area contributed by atoms with Crippen LogP contribution >= 0.6 is 0 Å². The third-order valence-electron chi connectivity index (χ3n) is 3.94. The number of carbonyl (C=O) groups excluding carboxylic acids is 2. The fourth-order valence-electron chi connectivity index (χ4n) is 2.60. The van der Waals surface area contributed by atoms with Gasteiger partial charge in [-0.15, -0.1) is 0 Å². The first kappa shape index (κ1) is 15.0. The van der Waals surface area contributed by atoms with E-state index in [0.717, 1.165) is 5.56 Å². The van der Waals surface area contributed by atoms with Gasteiger partial charge in [0.05, 0.1) is 0 Å². The van der Waals surface area contributed by atoms with E-state index in [1.165, 1.54) is 15.3 Å². The lowest BCUT2D eigenvalue weighted by Crippen LogP contribution is -2.29. The number of nitrogens with zero attached hydrogens (tertiary/aromatic N) is 3. The Hall–Kier alpha value is -2.90.